The van der Waals surface area contributed by atoms with Crippen LogP contribution >= 0.6 is 0 Å². The largest absolute Gasteiger partial charge is 0.497 e. The second-order valence-electron chi connectivity index (χ2n) is 4.50. The molecule has 0 saturated carbocycles. The topological polar surface area (TPSA) is 30.5 Å². The van der Waals surface area contributed by atoms with Crippen LogP contribution in [0.1, 0.15) is 12.5 Å². The van der Waals surface area contributed by atoms with Crippen LogP contribution < -0.4 is 14.8 Å². The molecule has 0 amide bonds. The molecule has 0 aliphatic carbocycles. The molecular weight excluding hydrogens is 250 g/mol. The number of hydrogen-bond donors (Lipinski definition) is 1. The van der Waals surface area contributed by atoms with Crippen LogP contribution in [0.3, 0.4) is 0 Å². The monoisotopic (exact) mass is 271 g/mol. The fourth-order valence-corrected chi connectivity index (χ4v) is 1.89. The van der Waals surface area contributed by atoms with Crippen molar-refractivity contribution in [3.8, 4) is 11.5 Å². The van der Waals surface area contributed by atoms with Gasteiger partial charge in [-0.3, -0.25) is 0 Å². The van der Waals surface area contributed by atoms with Gasteiger partial charge >= 0.3 is 0 Å². The van der Waals surface area contributed by atoms with E-state index < -0.39 is 0 Å². The molecule has 0 aliphatic heterocycles. The lowest BCUT2D eigenvalue weighted by molar-refractivity contribution is 0.332. The van der Waals surface area contributed by atoms with Gasteiger partial charge in [0.15, 0.2) is 0 Å². The van der Waals surface area contributed by atoms with Crippen LogP contribution in [0.25, 0.3) is 0 Å². The highest BCUT2D eigenvalue weighted by Gasteiger charge is 1.96. The Labute approximate surface area is 120 Å². The number of aryl methyl sites for hydroxylation is 1. The van der Waals surface area contributed by atoms with Crippen LogP contribution in [0.15, 0.2) is 48.5 Å². The lowest BCUT2D eigenvalue weighted by Crippen LogP contribution is -2.11. The number of ether oxygens (including phenoxy) is 2. The van der Waals surface area contributed by atoms with Gasteiger partial charge in [0, 0.05) is 12.2 Å². The molecule has 0 unspecified atom stereocenters. The first-order chi connectivity index (χ1) is 9.81. The van der Waals surface area contributed by atoms with Crippen molar-refractivity contribution in [2.75, 3.05) is 25.6 Å². The number of methoxy groups -OCH3 is 1. The summed E-state index contributed by atoms with van der Waals surface area (Å²) < 4.78 is 10.8. The third kappa shape index (κ3) is 4.19. The summed E-state index contributed by atoms with van der Waals surface area (Å²) >= 11 is 0. The highest BCUT2D eigenvalue weighted by Crippen LogP contribution is 2.17. The number of benzene rings is 2. The Kier molecular flexibility index (Phi) is 5.30. The van der Waals surface area contributed by atoms with E-state index in [4.69, 9.17) is 9.47 Å². The molecular formula is C17H21NO2. The number of nitrogens with one attached hydrogen (secondary N) is 1. The number of anilines is 1. The highest BCUT2D eigenvalue weighted by atomic mass is 16.5. The van der Waals surface area contributed by atoms with Gasteiger partial charge in [-0.15, -0.1) is 0 Å². The molecule has 20 heavy (non-hydrogen) atoms. The minimum absolute atomic E-state index is 0.627. The molecule has 2 aromatic carbocycles. The Morgan fingerprint density at radius 3 is 2.15 bits per heavy atom. The fraction of sp³-hybridized carbons (Fsp3) is 0.294. The lowest BCUT2D eigenvalue weighted by atomic mass is 10.1. The molecule has 0 aliphatic rings. The molecule has 0 radical (unpaired) electrons. The molecule has 2 aromatic rings. The Morgan fingerprint density at radius 1 is 0.900 bits per heavy atom. The fourth-order valence-electron chi connectivity index (χ4n) is 1.89. The molecule has 0 atom stereocenters. The minimum Gasteiger partial charge on any atom is -0.497 e. The summed E-state index contributed by atoms with van der Waals surface area (Å²) in [6.07, 6.45) is 1.07. The van der Waals surface area contributed by atoms with Gasteiger partial charge in [-0.05, 0) is 48.4 Å². The van der Waals surface area contributed by atoms with E-state index in [2.05, 4.69) is 36.5 Å². The Bertz CT molecular complexity index is 456. The second kappa shape index (κ2) is 7.43. The molecule has 0 bridgehead atoms. The first-order valence-electron chi connectivity index (χ1n) is 6.91. The zero-order valence-electron chi connectivity index (χ0n) is 12.1. The summed E-state index contributed by atoms with van der Waals surface area (Å²) in [5.74, 6) is 1.69. The van der Waals surface area contributed by atoms with E-state index in [0.717, 1.165) is 30.2 Å². The molecule has 3 nitrogen and oxygen atoms in total. The predicted octanol–water partition coefficient (Wildman–Crippen LogP) is 3.75. The molecule has 2 rings (SSSR count). The van der Waals surface area contributed by atoms with Gasteiger partial charge < -0.3 is 14.8 Å². The second-order valence-corrected chi connectivity index (χ2v) is 4.50. The quantitative estimate of drug-likeness (QED) is 0.778. The first kappa shape index (κ1) is 14.3. The standard InChI is InChI=1S/C17H21NO2/c1-3-14-4-6-15(7-5-14)18-12-13-20-17-10-8-16(19-2)9-11-17/h4-11,18H,3,12-13H2,1-2H3. The number of rotatable bonds is 7. The Balaban J connectivity index is 1.72. The summed E-state index contributed by atoms with van der Waals surface area (Å²) in [6.45, 7) is 3.56. The van der Waals surface area contributed by atoms with Gasteiger partial charge in [0.1, 0.15) is 18.1 Å². The maximum absolute atomic E-state index is 5.65. The third-order valence-electron chi connectivity index (χ3n) is 3.12. The van der Waals surface area contributed by atoms with Crippen LogP contribution in [0.2, 0.25) is 0 Å². The molecule has 0 saturated heterocycles. The summed E-state index contributed by atoms with van der Waals surface area (Å²) in [5, 5.41) is 3.34. The van der Waals surface area contributed by atoms with Gasteiger partial charge in [-0.2, -0.15) is 0 Å². The van der Waals surface area contributed by atoms with Gasteiger partial charge in [0.2, 0.25) is 0 Å². The van der Waals surface area contributed by atoms with Crippen molar-refractivity contribution >= 4 is 5.69 Å². The average molecular weight is 271 g/mol. The highest BCUT2D eigenvalue weighted by molar-refractivity contribution is 5.44. The SMILES string of the molecule is CCc1ccc(NCCOc2ccc(OC)cc2)cc1. The summed E-state index contributed by atoms with van der Waals surface area (Å²) in [6, 6.07) is 16.1. The van der Waals surface area contributed by atoms with Crippen LogP contribution in [0.5, 0.6) is 11.5 Å². The Hall–Kier alpha value is -2.16. The molecule has 0 heterocycles. The predicted molar refractivity (Wildman–Crippen MR) is 82.8 cm³/mol. The van der Waals surface area contributed by atoms with Crippen molar-refractivity contribution in [3.05, 3.63) is 54.1 Å². The van der Waals surface area contributed by atoms with Gasteiger partial charge in [0.05, 0.1) is 7.11 Å². The van der Waals surface area contributed by atoms with Crippen LogP contribution in [-0.2, 0) is 6.42 Å². The average Bonchev–Trinajstić information content (AvgIpc) is 2.53. The molecule has 0 fully saturated rings. The van der Waals surface area contributed by atoms with Crippen LogP contribution in [-0.4, -0.2) is 20.3 Å². The van der Waals surface area contributed by atoms with E-state index in [1.807, 2.05) is 24.3 Å². The van der Waals surface area contributed by atoms with Gasteiger partial charge in [-0.1, -0.05) is 19.1 Å². The lowest BCUT2D eigenvalue weighted by Gasteiger charge is -2.09. The maximum atomic E-state index is 5.65. The smallest absolute Gasteiger partial charge is 0.119 e. The van der Waals surface area contributed by atoms with Crippen molar-refractivity contribution < 1.29 is 9.47 Å². The molecule has 1 N–H and O–H groups in total. The maximum Gasteiger partial charge on any atom is 0.119 e. The van der Waals surface area contributed by atoms with E-state index in [-0.39, 0.29) is 0 Å². The van der Waals surface area contributed by atoms with Crippen molar-refractivity contribution in [2.45, 2.75) is 13.3 Å². The van der Waals surface area contributed by atoms with E-state index >= 15 is 0 Å². The molecule has 0 spiro atoms. The Morgan fingerprint density at radius 2 is 1.55 bits per heavy atom. The zero-order valence-corrected chi connectivity index (χ0v) is 12.1. The van der Waals surface area contributed by atoms with E-state index in [0.29, 0.717) is 6.61 Å². The van der Waals surface area contributed by atoms with Crippen molar-refractivity contribution in [1.29, 1.82) is 0 Å². The normalized spacial score (nSPS) is 10.1. The van der Waals surface area contributed by atoms with Crippen molar-refractivity contribution in [1.82, 2.24) is 0 Å². The minimum atomic E-state index is 0.627. The summed E-state index contributed by atoms with van der Waals surface area (Å²) in [7, 11) is 1.66. The third-order valence-corrected chi connectivity index (χ3v) is 3.12. The molecule has 3 heteroatoms. The van der Waals surface area contributed by atoms with Crippen LogP contribution in [0.4, 0.5) is 5.69 Å². The van der Waals surface area contributed by atoms with Gasteiger partial charge in [0.25, 0.3) is 0 Å². The van der Waals surface area contributed by atoms with E-state index in [1.165, 1.54) is 5.56 Å². The van der Waals surface area contributed by atoms with E-state index in [9.17, 15) is 0 Å². The zero-order chi connectivity index (χ0) is 14.2. The van der Waals surface area contributed by atoms with Gasteiger partial charge in [-0.25, -0.2) is 0 Å². The molecule has 0 aromatic heterocycles. The number of hydrogen-bond acceptors (Lipinski definition) is 3. The molecule has 106 valence electrons. The van der Waals surface area contributed by atoms with E-state index in [1.54, 1.807) is 7.11 Å². The summed E-state index contributed by atoms with van der Waals surface area (Å²) in [4.78, 5) is 0. The summed E-state index contributed by atoms with van der Waals surface area (Å²) in [5.41, 5.74) is 2.48. The van der Waals surface area contributed by atoms with Crippen molar-refractivity contribution in [3.63, 3.8) is 0 Å². The van der Waals surface area contributed by atoms with Crippen LogP contribution in [0, 0.1) is 0 Å². The van der Waals surface area contributed by atoms with Crippen molar-refractivity contribution in [2.24, 2.45) is 0 Å². The first-order valence-corrected chi connectivity index (χ1v) is 6.91.